The number of allylic oxidation sites excluding steroid dienone is 4. The maximum Gasteiger partial charge on any atom is 0.417 e. The van der Waals surface area contributed by atoms with Crippen molar-refractivity contribution in [3.8, 4) is 0 Å². The zero-order chi connectivity index (χ0) is 21.7. The summed E-state index contributed by atoms with van der Waals surface area (Å²) >= 11 is 0. The number of hydrogen-bond donors (Lipinski definition) is 1. The van der Waals surface area contributed by atoms with Gasteiger partial charge in [-0.05, 0) is 19.8 Å². The average Bonchev–Trinajstić information content (AvgIpc) is 2.70. The van der Waals surface area contributed by atoms with Crippen LogP contribution in [0.3, 0.4) is 0 Å². The molecule has 0 saturated carbocycles. The maximum absolute atomic E-state index is 12.9. The second-order valence-electron chi connectivity index (χ2n) is 7.30. The molecule has 0 aromatic heterocycles. The molecule has 8 nitrogen and oxygen atoms in total. The molecule has 1 unspecified atom stereocenters. The van der Waals surface area contributed by atoms with Gasteiger partial charge in [0.15, 0.2) is 0 Å². The highest BCUT2D eigenvalue weighted by molar-refractivity contribution is 5.98. The summed E-state index contributed by atoms with van der Waals surface area (Å²) < 4.78 is 15.1. The number of carbonyl (C=O) groups excluding carboxylic acids is 3. The Hall–Kier alpha value is -3.03. The van der Waals surface area contributed by atoms with E-state index in [2.05, 4.69) is 5.32 Å². The van der Waals surface area contributed by atoms with Crippen molar-refractivity contribution in [2.75, 3.05) is 20.8 Å². The summed E-state index contributed by atoms with van der Waals surface area (Å²) in [5.41, 5.74) is 1.94. The Morgan fingerprint density at radius 1 is 1.00 bits per heavy atom. The SMILES string of the molecule is COC(=O)C1=C(C)NC(C)=C(C(=O)OCC(C)C)C1C1C=CN(C(=O)OC)C=C1. The minimum atomic E-state index is -0.615. The van der Waals surface area contributed by atoms with Gasteiger partial charge in [-0.3, -0.25) is 4.90 Å². The highest BCUT2D eigenvalue weighted by atomic mass is 16.5. The molecule has 2 aliphatic heterocycles. The van der Waals surface area contributed by atoms with E-state index in [0.29, 0.717) is 22.5 Å². The lowest BCUT2D eigenvalue weighted by Crippen LogP contribution is -2.37. The lowest BCUT2D eigenvalue weighted by molar-refractivity contribution is -0.141. The lowest BCUT2D eigenvalue weighted by Gasteiger charge is -2.34. The van der Waals surface area contributed by atoms with Crippen molar-refractivity contribution in [2.24, 2.45) is 17.8 Å². The van der Waals surface area contributed by atoms with Crippen LogP contribution in [0.2, 0.25) is 0 Å². The molecule has 1 atom stereocenters. The van der Waals surface area contributed by atoms with E-state index in [9.17, 15) is 14.4 Å². The molecule has 8 heteroatoms. The Morgan fingerprint density at radius 2 is 1.55 bits per heavy atom. The quantitative estimate of drug-likeness (QED) is 0.556. The number of esters is 2. The Balaban J connectivity index is 2.45. The van der Waals surface area contributed by atoms with Gasteiger partial charge in [-0.1, -0.05) is 26.0 Å². The summed E-state index contributed by atoms with van der Waals surface area (Å²) in [6.07, 6.45) is 6.05. The summed E-state index contributed by atoms with van der Waals surface area (Å²) in [5.74, 6) is -1.82. The van der Waals surface area contributed by atoms with E-state index in [1.54, 1.807) is 38.4 Å². The highest BCUT2D eigenvalue weighted by Crippen LogP contribution is 2.39. The fourth-order valence-electron chi connectivity index (χ4n) is 3.35. The van der Waals surface area contributed by atoms with Crippen LogP contribution >= 0.6 is 0 Å². The van der Waals surface area contributed by atoms with E-state index >= 15 is 0 Å². The van der Waals surface area contributed by atoms with Gasteiger partial charge in [0, 0.05) is 35.6 Å². The van der Waals surface area contributed by atoms with Gasteiger partial charge in [-0.2, -0.15) is 0 Å². The normalized spacial score (nSPS) is 19.4. The van der Waals surface area contributed by atoms with Crippen LogP contribution in [-0.4, -0.2) is 43.8 Å². The van der Waals surface area contributed by atoms with Gasteiger partial charge in [0.25, 0.3) is 0 Å². The number of nitrogens with zero attached hydrogens (tertiary/aromatic N) is 1. The third-order valence-corrected chi connectivity index (χ3v) is 4.69. The van der Waals surface area contributed by atoms with Crippen molar-refractivity contribution in [1.29, 1.82) is 0 Å². The molecule has 1 N–H and O–H groups in total. The number of ether oxygens (including phenoxy) is 3. The fourth-order valence-corrected chi connectivity index (χ4v) is 3.35. The molecule has 2 aliphatic rings. The van der Waals surface area contributed by atoms with E-state index in [4.69, 9.17) is 14.2 Å². The van der Waals surface area contributed by atoms with Gasteiger partial charge in [-0.15, -0.1) is 0 Å². The minimum Gasteiger partial charge on any atom is -0.466 e. The Bertz CT molecular complexity index is 792. The molecule has 0 spiro atoms. The Labute approximate surface area is 170 Å². The van der Waals surface area contributed by atoms with Crippen molar-refractivity contribution < 1.29 is 28.6 Å². The zero-order valence-corrected chi connectivity index (χ0v) is 17.6. The predicted molar refractivity (Wildman–Crippen MR) is 106 cm³/mol. The zero-order valence-electron chi connectivity index (χ0n) is 17.6. The van der Waals surface area contributed by atoms with Crippen LogP contribution in [-0.2, 0) is 23.8 Å². The first-order valence-corrected chi connectivity index (χ1v) is 9.38. The number of nitrogens with one attached hydrogen (secondary N) is 1. The summed E-state index contributed by atoms with van der Waals surface area (Å²) in [6, 6.07) is 0. The topological polar surface area (TPSA) is 94.2 Å². The van der Waals surface area contributed by atoms with Crippen molar-refractivity contribution >= 4 is 18.0 Å². The van der Waals surface area contributed by atoms with Gasteiger partial charge in [0.05, 0.1) is 32.0 Å². The molecule has 2 heterocycles. The summed E-state index contributed by atoms with van der Waals surface area (Å²) in [5, 5.41) is 3.09. The third kappa shape index (κ3) is 4.88. The van der Waals surface area contributed by atoms with Crippen LogP contribution in [0.15, 0.2) is 47.1 Å². The number of methoxy groups -OCH3 is 2. The smallest absolute Gasteiger partial charge is 0.417 e. The second kappa shape index (κ2) is 9.45. The van der Waals surface area contributed by atoms with Crippen LogP contribution < -0.4 is 5.32 Å². The predicted octanol–water partition coefficient (Wildman–Crippen LogP) is 2.85. The van der Waals surface area contributed by atoms with Gasteiger partial charge in [0.1, 0.15) is 0 Å². The van der Waals surface area contributed by atoms with Crippen LogP contribution in [0.1, 0.15) is 27.7 Å². The molecule has 1 amide bonds. The van der Waals surface area contributed by atoms with Crippen molar-refractivity contribution in [3.63, 3.8) is 0 Å². The van der Waals surface area contributed by atoms with E-state index in [-0.39, 0.29) is 18.4 Å². The van der Waals surface area contributed by atoms with Crippen molar-refractivity contribution in [1.82, 2.24) is 10.2 Å². The molecule has 0 fully saturated rings. The highest BCUT2D eigenvalue weighted by Gasteiger charge is 2.40. The van der Waals surface area contributed by atoms with Crippen LogP contribution in [0.5, 0.6) is 0 Å². The number of rotatable bonds is 5. The molecule has 0 aromatic rings. The Morgan fingerprint density at radius 3 is 2.03 bits per heavy atom. The molecule has 0 saturated heterocycles. The first-order valence-electron chi connectivity index (χ1n) is 9.38. The van der Waals surface area contributed by atoms with Crippen molar-refractivity contribution in [3.05, 3.63) is 47.1 Å². The molecule has 0 radical (unpaired) electrons. The first-order chi connectivity index (χ1) is 13.7. The molecule has 158 valence electrons. The van der Waals surface area contributed by atoms with Gasteiger partial charge < -0.3 is 19.5 Å². The lowest BCUT2D eigenvalue weighted by atomic mass is 9.76. The number of amides is 1. The maximum atomic E-state index is 12.9. The van der Waals surface area contributed by atoms with E-state index in [1.165, 1.54) is 19.1 Å². The molecule has 0 bridgehead atoms. The van der Waals surface area contributed by atoms with Crippen LogP contribution in [0.4, 0.5) is 4.79 Å². The number of carbonyl (C=O) groups is 3. The van der Waals surface area contributed by atoms with Crippen LogP contribution in [0, 0.1) is 17.8 Å². The average molecular weight is 404 g/mol. The standard InChI is InChI=1S/C21H28N2O6/c1-12(2)11-29-20(25)17-14(4)22-13(3)16(19(24)27-5)18(17)15-7-9-23(10-8-15)21(26)28-6/h7-10,12,15,18,22H,11H2,1-6H3. The Kier molecular flexibility index (Phi) is 7.25. The monoisotopic (exact) mass is 404 g/mol. The van der Waals surface area contributed by atoms with Crippen LogP contribution in [0.25, 0.3) is 0 Å². The van der Waals surface area contributed by atoms with Crippen molar-refractivity contribution in [2.45, 2.75) is 27.7 Å². The van der Waals surface area contributed by atoms with Gasteiger partial charge in [0.2, 0.25) is 0 Å². The molecular formula is C21H28N2O6. The molecule has 2 rings (SSSR count). The van der Waals surface area contributed by atoms with E-state index in [0.717, 1.165) is 0 Å². The minimum absolute atomic E-state index is 0.176. The molecule has 0 aromatic carbocycles. The first kappa shape index (κ1) is 22.3. The fraction of sp³-hybridized carbons (Fsp3) is 0.476. The van der Waals surface area contributed by atoms with Gasteiger partial charge in [-0.25, -0.2) is 14.4 Å². The number of dihydropyridines is 1. The summed E-state index contributed by atoms with van der Waals surface area (Å²) in [6.45, 7) is 7.70. The molecule has 0 aliphatic carbocycles. The second-order valence-corrected chi connectivity index (χ2v) is 7.30. The number of hydrogen-bond acceptors (Lipinski definition) is 7. The molecular weight excluding hydrogens is 376 g/mol. The third-order valence-electron chi connectivity index (χ3n) is 4.69. The largest absolute Gasteiger partial charge is 0.466 e. The summed E-state index contributed by atoms with van der Waals surface area (Å²) in [4.78, 5) is 38.5. The summed E-state index contributed by atoms with van der Waals surface area (Å²) in [7, 11) is 2.59. The van der Waals surface area contributed by atoms with Gasteiger partial charge >= 0.3 is 18.0 Å². The molecule has 29 heavy (non-hydrogen) atoms. The van der Waals surface area contributed by atoms with E-state index in [1.807, 2.05) is 13.8 Å². The van der Waals surface area contributed by atoms with E-state index < -0.39 is 23.9 Å².